The number of aromatic nitrogens is 1. The Hall–Kier alpha value is -4.37. The highest BCUT2D eigenvalue weighted by Crippen LogP contribution is 2.38. The molecule has 0 aliphatic rings. The van der Waals surface area contributed by atoms with Crippen molar-refractivity contribution in [1.82, 2.24) is 4.98 Å². The summed E-state index contributed by atoms with van der Waals surface area (Å²) in [4.78, 5) is 7.52. The lowest BCUT2D eigenvalue weighted by atomic mass is 9.95. The lowest BCUT2D eigenvalue weighted by Gasteiger charge is -2.26. The fourth-order valence-corrected chi connectivity index (χ4v) is 6.21. The largest absolute Gasteiger partial charge is 0.311 e. The molecule has 45 heavy (non-hydrogen) atoms. The van der Waals surface area contributed by atoms with Crippen LogP contribution in [0.4, 0.5) is 17.1 Å². The quantitative estimate of drug-likeness (QED) is 0.167. The van der Waals surface area contributed by atoms with Gasteiger partial charge in [-0.1, -0.05) is 96.7 Å². The van der Waals surface area contributed by atoms with Gasteiger partial charge in [0.05, 0.1) is 11.4 Å². The van der Waals surface area contributed by atoms with Gasteiger partial charge in [-0.3, -0.25) is 0 Å². The summed E-state index contributed by atoms with van der Waals surface area (Å²) >= 11 is 12.8. The highest BCUT2D eigenvalue weighted by molar-refractivity contribution is 6.31. The van der Waals surface area contributed by atoms with E-state index in [0.29, 0.717) is 0 Å². The van der Waals surface area contributed by atoms with Gasteiger partial charge in [-0.25, -0.2) is 4.98 Å². The summed E-state index contributed by atoms with van der Waals surface area (Å²) in [6.07, 6.45) is 1.72. The molecule has 224 valence electrons. The van der Waals surface area contributed by atoms with Gasteiger partial charge in [-0.15, -0.1) is 0 Å². The summed E-state index contributed by atoms with van der Waals surface area (Å²) in [5.74, 6) is 0. The number of hydrogen-bond acceptors (Lipinski definition) is 2. The van der Waals surface area contributed by atoms with E-state index in [1.54, 1.807) is 0 Å². The molecular weight excluding hydrogens is 591 g/mol. The van der Waals surface area contributed by atoms with Gasteiger partial charge in [0.25, 0.3) is 0 Å². The molecule has 0 bridgehead atoms. The number of benzene rings is 5. The highest BCUT2D eigenvalue weighted by atomic mass is 35.5. The summed E-state index contributed by atoms with van der Waals surface area (Å²) < 4.78 is 0. The Morgan fingerprint density at radius 3 is 1.29 bits per heavy atom. The van der Waals surface area contributed by atoms with Crippen LogP contribution in [0.3, 0.4) is 0 Å². The molecule has 1 heterocycles. The van der Waals surface area contributed by atoms with Crippen LogP contribution in [-0.4, -0.2) is 4.98 Å². The van der Waals surface area contributed by atoms with E-state index in [2.05, 4.69) is 130 Å². The molecule has 0 spiro atoms. The predicted octanol–water partition coefficient (Wildman–Crippen LogP) is 12.6. The van der Waals surface area contributed by atoms with Crippen LogP contribution >= 0.6 is 23.2 Å². The van der Waals surface area contributed by atoms with E-state index in [4.69, 9.17) is 28.2 Å². The predicted molar refractivity (Wildman–Crippen MR) is 193 cm³/mol. The van der Waals surface area contributed by atoms with Crippen LogP contribution in [-0.2, 0) is 12.8 Å². The van der Waals surface area contributed by atoms with E-state index in [0.717, 1.165) is 73.6 Å². The minimum atomic E-state index is 0.736. The first-order valence-corrected chi connectivity index (χ1v) is 16.2. The number of anilines is 3. The first-order valence-electron chi connectivity index (χ1n) is 15.5. The molecule has 0 saturated heterocycles. The van der Waals surface area contributed by atoms with Crippen molar-refractivity contribution in [2.45, 2.75) is 40.5 Å². The fraction of sp³-hybridized carbons (Fsp3) is 0.146. The molecule has 2 nitrogen and oxygen atoms in total. The monoisotopic (exact) mass is 626 g/mol. The van der Waals surface area contributed by atoms with E-state index < -0.39 is 0 Å². The summed E-state index contributed by atoms with van der Waals surface area (Å²) in [5.41, 5.74) is 14.4. The van der Waals surface area contributed by atoms with Gasteiger partial charge in [0.2, 0.25) is 0 Å². The third kappa shape index (κ3) is 6.68. The number of nitrogens with zero attached hydrogens (tertiary/aromatic N) is 2. The molecule has 0 unspecified atom stereocenters. The van der Waals surface area contributed by atoms with E-state index in [9.17, 15) is 0 Å². The van der Waals surface area contributed by atoms with Crippen LogP contribution in [0.5, 0.6) is 0 Å². The van der Waals surface area contributed by atoms with Crippen LogP contribution < -0.4 is 4.90 Å². The van der Waals surface area contributed by atoms with E-state index in [-0.39, 0.29) is 0 Å². The molecule has 0 N–H and O–H groups in total. The summed E-state index contributed by atoms with van der Waals surface area (Å²) in [7, 11) is 0. The third-order valence-corrected chi connectivity index (χ3v) is 8.79. The summed E-state index contributed by atoms with van der Waals surface area (Å²) in [6, 6.07) is 42.7. The first kappa shape index (κ1) is 30.6. The maximum atomic E-state index is 6.40. The standard InChI is InChI=1S/C41H36Cl2N2/c1-5-29-23-33(42)13-21-38(29)40-25-32(26-41(44-40)39-22-14-34(43)24-30(39)6-2)31-11-19-37(20-12-31)45(35-15-7-27(3)8-16-35)36-17-9-28(4)10-18-36/h7-26H,5-6H2,1-4H3. The van der Waals surface area contributed by atoms with Crippen molar-refractivity contribution in [3.05, 3.63) is 154 Å². The lowest BCUT2D eigenvalue weighted by Crippen LogP contribution is -2.09. The normalized spacial score (nSPS) is 11.1. The number of pyridine rings is 1. The second kappa shape index (κ2) is 13.3. The minimum Gasteiger partial charge on any atom is -0.311 e. The Morgan fingerprint density at radius 1 is 0.489 bits per heavy atom. The van der Waals surface area contributed by atoms with Gasteiger partial charge in [0, 0.05) is 38.2 Å². The van der Waals surface area contributed by atoms with E-state index in [1.165, 1.54) is 22.3 Å². The van der Waals surface area contributed by atoms with Crippen molar-refractivity contribution < 1.29 is 0 Å². The maximum absolute atomic E-state index is 6.40. The number of halogens is 2. The molecule has 0 aliphatic heterocycles. The molecule has 6 rings (SSSR count). The maximum Gasteiger partial charge on any atom is 0.0718 e. The average molecular weight is 628 g/mol. The summed E-state index contributed by atoms with van der Waals surface area (Å²) in [5, 5.41) is 1.47. The van der Waals surface area contributed by atoms with Gasteiger partial charge in [0.15, 0.2) is 0 Å². The second-order valence-electron chi connectivity index (χ2n) is 11.5. The SMILES string of the molecule is CCc1cc(Cl)ccc1-c1cc(-c2ccc(N(c3ccc(C)cc3)c3ccc(C)cc3)cc2)cc(-c2ccc(Cl)cc2CC)n1. The van der Waals surface area contributed by atoms with Gasteiger partial charge in [0.1, 0.15) is 0 Å². The third-order valence-electron chi connectivity index (χ3n) is 8.32. The average Bonchev–Trinajstić information content (AvgIpc) is 3.06. The van der Waals surface area contributed by atoms with Crippen molar-refractivity contribution >= 4 is 40.3 Å². The molecule has 1 aromatic heterocycles. The number of aryl methyl sites for hydroxylation is 4. The van der Waals surface area contributed by atoms with E-state index in [1.807, 2.05) is 24.3 Å². The Bertz CT molecular complexity index is 1830. The first-order chi connectivity index (χ1) is 21.8. The molecule has 0 amide bonds. The Kier molecular flexibility index (Phi) is 9.07. The number of hydrogen-bond donors (Lipinski definition) is 0. The zero-order chi connectivity index (χ0) is 31.5. The Labute approximate surface area is 276 Å². The molecule has 0 fully saturated rings. The van der Waals surface area contributed by atoms with Crippen LogP contribution in [0.1, 0.15) is 36.1 Å². The van der Waals surface area contributed by atoms with Crippen LogP contribution in [0.15, 0.2) is 121 Å². The Balaban J connectivity index is 1.48. The molecule has 0 atom stereocenters. The molecular formula is C41H36Cl2N2. The van der Waals surface area contributed by atoms with Crippen LogP contribution in [0, 0.1) is 13.8 Å². The molecule has 0 radical (unpaired) electrons. The summed E-state index contributed by atoms with van der Waals surface area (Å²) in [6.45, 7) is 8.54. The van der Waals surface area contributed by atoms with E-state index >= 15 is 0 Å². The molecule has 5 aromatic carbocycles. The van der Waals surface area contributed by atoms with Gasteiger partial charge in [-0.2, -0.15) is 0 Å². The minimum absolute atomic E-state index is 0.736. The van der Waals surface area contributed by atoms with Gasteiger partial charge >= 0.3 is 0 Å². The fourth-order valence-electron chi connectivity index (χ4n) is 5.82. The molecule has 0 saturated carbocycles. The zero-order valence-corrected chi connectivity index (χ0v) is 27.6. The smallest absolute Gasteiger partial charge is 0.0718 e. The van der Waals surface area contributed by atoms with Crippen molar-refractivity contribution in [3.63, 3.8) is 0 Å². The molecule has 6 aromatic rings. The zero-order valence-electron chi connectivity index (χ0n) is 26.1. The van der Waals surface area contributed by atoms with Crippen molar-refractivity contribution in [2.24, 2.45) is 0 Å². The van der Waals surface area contributed by atoms with Crippen molar-refractivity contribution in [3.8, 4) is 33.6 Å². The lowest BCUT2D eigenvalue weighted by molar-refractivity contribution is 1.13. The van der Waals surface area contributed by atoms with Crippen LogP contribution in [0.25, 0.3) is 33.6 Å². The number of rotatable bonds is 8. The highest BCUT2D eigenvalue weighted by Gasteiger charge is 2.16. The van der Waals surface area contributed by atoms with Gasteiger partial charge < -0.3 is 4.90 Å². The molecule has 4 heteroatoms. The van der Waals surface area contributed by atoms with Gasteiger partial charge in [-0.05, 0) is 122 Å². The topological polar surface area (TPSA) is 16.1 Å². The van der Waals surface area contributed by atoms with Crippen molar-refractivity contribution in [2.75, 3.05) is 4.90 Å². The Morgan fingerprint density at radius 2 is 0.889 bits per heavy atom. The molecule has 0 aliphatic carbocycles. The van der Waals surface area contributed by atoms with Crippen molar-refractivity contribution in [1.29, 1.82) is 0 Å². The van der Waals surface area contributed by atoms with Crippen LogP contribution in [0.2, 0.25) is 10.0 Å². The second-order valence-corrected chi connectivity index (χ2v) is 12.4.